The second kappa shape index (κ2) is 11.7. The number of sulfonamides is 1. The Labute approximate surface area is 229 Å². The highest BCUT2D eigenvalue weighted by Gasteiger charge is 2.96. The summed E-state index contributed by atoms with van der Waals surface area (Å²) in [7, 11) is -8.51. The fourth-order valence-corrected chi connectivity index (χ4v) is 4.08. The van der Waals surface area contributed by atoms with Crippen molar-refractivity contribution in [1.29, 1.82) is 0 Å². The van der Waals surface area contributed by atoms with Gasteiger partial charge in [-0.25, -0.2) is 9.10 Å². The summed E-state index contributed by atoms with van der Waals surface area (Å²) >= 11 is 0. The van der Waals surface area contributed by atoms with E-state index < -0.39 is 105 Å². The molecule has 0 aromatic carbocycles. The maximum absolute atomic E-state index is 14.6. The van der Waals surface area contributed by atoms with E-state index in [9.17, 15) is 105 Å². The van der Waals surface area contributed by atoms with E-state index in [0.717, 1.165) is 0 Å². The van der Waals surface area contributed by atoms with Crippen molar-refractivity contribution in [2.75, 3.05) is 13.2 Å². The van der Waals surface area contributed by atoms with Gasteiger partial charge in [0.2, 0.25) is 5.95 Å². The standard InChI is InChI=1S/C17H12F21NO4S/c1-3-5-39(7(18)6(9(19,20)21)8(40)43-4-2)44(41,42)17(37,38)15(32,33)13(28,29)11(24,25)10(22,23)12(26,27)14(30,31)16(34,35)36/h3-5H2,1-2H3. The number of carbonyl (C=O) groups is 1. The van der Waals surface area contributed by atoms with Crippen LogP contribution in [0.3, 0.4) is 0 Å². The summed E-state index contributed by atoms with van der Waals surface area (Å²) in [6, 6.07) is 0. The Bertz CT molecular complexity index is 1200. The van der Waals surface area contributed by atoms with E-state index in [1.54, 1.807) is 0 Å². The molecule has 0 bridgehead atoms. The van der Waals surface area contributed by atoms with Crippen LogP contribution in [0, 0.1) is 0 Å². The van der Waals surface area contributed by atoms with Crippen LogP contribution < -0.4 is 0 Å². The first kappa shape index (κ1) is 41.5. The largest absolute Gasteiger partial charge is 0.462 e. The Morgan fingerprint density at radius 2 is 0.955 bits per heavy atom. The van der Waals surface area contributed by atoms with Crippen LogP contribution in [0.1, 0.15) is 20.3 Å². The van der Waals surface area contributed by atoms with Crippen molar-refractivity contribution >= 4 is 16.0 Å². The highest BCUT2D eigenvalue weighted by Crippen LogP contribution is 2.64. The molecule has 0 aliphatic carbocycles. The Morgan fingerprint density at radius 3 is 1.25 bits per heavy atom. The molecule has 0 N–H and O–H groups in total. The third-order valence-electron chi connectivity index (χ3n) is 4.92. The lowest BCUT2D eigenvalue weighted by Crippen LogP contribution is -2.75. The molecular weight excluding hydrogens is 713 g/mol. The number of rotatable bonds is 13. The van der Waals surface area contributed by atoms with Crippen LogP contribution in [0.25, 0.3) is 0 Å². The fourth-order valence-electron chi connectivity index (χ4n) is 2.62. The molecule has 44 heavy (non-hydrogen) atoms. The molecule has 0 saturated heterocycles. The summed E-state index contributed by atoms with van der Waals surface area (Å²) in [5.74, 6) is -60.8. The van der Waals surface area contributed by atoms with E-state index >= 15 is 0 Å². The van der Waals surface area contributed by atoms with E-state index in [0.29, 0.717) is 13.8 Å². The van der Waals surface area contributed by atoms with Crippen LogP contribution in [-0.2, 0) is 19.6 Å². The highest BCUT2D eigenvalue weighted by molar-refractivity contribution is 7.90. The van der Waals surface area contributed by atoms with Gasteiger partial charge in [0, 0.05) is 6.54 Å². The molecule has 0 aromatic rings. The third-order valence-corrected chi connectivity index (χ3v) is 6.75. The van der Waals surface area contributed by atoms with Gasteiger partial charge in [0.1, 0.15) is 0 Å². The van der Waals surface area contributed by atoms with E-state index in [-0.39, 0.29) is 0 Å². The summed E-state index contributed by atoms with van der Waals surface area (Å²) in [5, 5.41) is -8.36. The molecular formula is C17H12F21NO4S. The minimum absolute atomic E-state index is 0.482. The number of halogens is 21. The Morgan fingerprint density at radius 1 is 0.614 bits per heavy atom. The quantitative estimate of drug-likeness (QED) is 0.0866. The van der Waals surface area contributed by atoms with E-state index in [4.69, 9.17) is 0 Å². The monoisotopic (exact) mass is 725 g/mol. The Kier molecular flexibility index (Phi) is 11.0. The Hall–Kier alpha value is -2.51. The van der Waals surface area contributed by atoms with E-state index in [1.165, 1.54) is 0 Å². The van der Waals surface area contributed by atoms with Crippen LogP contribution >= 0.6 is 0 Å². The number of alkyl halides is 20. The molecule has 0 aromatic heterocycles. The van der Waals surface area contributed by atoms with E-state index in [1.807, 2.05) is 0 Å². The maximum atomic E-state index is 14.6. The predicted octanol–water partition coefficient (Wildman–Crippen LogP) is 7.30. The molecule has 0 aliphatic rings. The fraction of sp³-hybridized carbons (Fsp3) is 0.824. The van der Waals surface area contributed by atoms with Crippen LogP contribution in [-0.4, -0.2) is 85.0 Å². The van der Waals surface area contributed by atoms with Crippen LogP contribution in [0.5, 0.6) is 0 Å². The molecule has 0 fully saturated rings. The lowest BCUT2D eigenvalue weighted by Gasteiger charge is -2.43. The molecule has 0 aliphatic heterocycles. The molecule has 0 radical (unpaired) electrons. The van der Waals surface area contributed by atoms with Crippen molar-refractivity contribution < 1.29 is 110 Å². The minimum atomic E-state index is -9.22. The lowest BCUT2D eigenvalue weighted by atomic mass is 9.91. The van der Waals surface area contributed by atoms with Gasteiger partial charge in [-0.1, -0.05) is 6.92 Å². The molecule has 0 heterocycles. The van der Waals surface area contributed by atoms with Gasteiger partial charge in [-0.15, -0.1) is 0 Å². The summed E-state index contributed by atoms with van der Waals surface area (Å²) in [4.78, 5) is 11.4. The second-order valence-corrected chi connectivity index (χ2v) is 9.83. The number of esters is 1. The van der Waals surface area contributed by atoms with Gasteiger partial charge >= 0.3 is 69.1 Å². The van der Waals surface area contributed by atoms with E-state index in [2.05, 4.69) is 4.74 Å². The first-order chi connectivity index (χ1) is 19.0. The topological polar surface area (TPSA) is 63.7 Å². The van der Waals surface area contributed by atoms with Gasteiger partial charge in [-0.2, -0.15) is 101 Å². The molecule has 262 valence electrons. The number of ether oxygens (including phenoxy) is 1. The number of carbonyl (C=O) groups excluding carboxylic acids is 1. The SMILES string of the molecule is CCCN(C(F)=C(C(=O)OCC)C(F)(F)F)S(=O)(=O)C(F)(F)C(F)(F)C(F)(F)C(F)(F)C(F)(F)C(F)(F)C(F)(F)C(F)(F)F. The third kappa shape index (κ3) is 5.91. The van der Waals surface area contributed by atoms with Crippen molar-refractivity contribution in [2.24, 2.45) is 0 Å². The molecule has 27 heteroatoms. The first-order valence-corrected chi connectivity index (χ1v) is 11.8. The molecule has 0 saturated carbocycles. The van der Waals surface area contributed by atoms with Crippen molar-refractivity contribution in [1.82, 2.24) is 4.31 Å². The summed E-state index contributed by atoms with van der Waals surface area (Å²) < 4.78 is 308. The minimum Gasteiger partial charge on any atom is -0.462 e. The molecule has 0 spiro atoms. The van der Waals surface area contributed by atoms with Gasteiger partial charge in [0.25, 0.3) is 0 Å². The predicted molar refractivity (Wildman–Crippen MR) is 97.4 cm³/mol. The van der Waals surface area contributed by atoms with Crippen molar-refractivity contribution in [3.05, 3.63) is 11.5 Å². The smallest absolute Gasteiger partial charge is 0.460 e. The summed E-state index contributed by atoms with van der Waals surface area (Å²) in [6.07, 6.45) is -15.9. The van der Waals surface area contributed by atoms with Crippen LogP contribution in [0.2, 0.25) is 0 Å². The Balaban J connectivity index is 7.61. The summed E-state index contributed by atoms with van der Waals surface area (Å²) in [6.45, 7) is -2.30. The van der Waals surface area contributed by atoms with Gasteiger partial charge in [-0.3, -0.25) is 0 Å². The zero-order valence-electron chi connectivity index (χ0n) is 20.5. The second-order valence-electron chi connectivity index (χ2n) is 7.92. The number of nitrogens with zero attached hydrogens (tertiary/aromatic N) is 1. The molecule has 5 nitrogen and oxygen atoms in total. The lowest BCUT2D eigenvalue weighted by molar-refractivity contribution is -0.458. The van der Waals surface area contributed by atoms with Gasteiger partial charge in [0.05, 0.1) is 6.61 Å². The van der Waals surface area contributed by atoms with Gasteiger partial charge in [-0.05, 0) is 13.3 Å². The van der Waals surface area contributed by atoms with Gasteiger partial charge in [0.15, 0.2) is 5.57 Å². The zero-order valence-corrected chi connectivity index (χ0v) is 21.4. The number of hydrogen-bond donors (Lipinski definition) is 0. The molecule has 0 rings (SSSR count). The molecule has 0 atom stereocenters. The highest BCUT2D eigenvalue weighted by atomic mass is 32.2. The van der Waals surface area contributed by atoms with Gasteiger partial charge < -0.3 is 4.74 Å². The normalized spacial score (nSPS) is 16.1. The number of hydrogen-bond acceptors (Lipinski definition) is 4. The maximum Gasteiger partial charge on any atom is 0.460 e. The molecule has 0 amide bonds. The summed E-state index contributed by atoms with van der Waals surface area (Å²) in [5.41, 5.74) is -3.59. The van der Waals surface area contributed by atoms with Crippen molar-refractivity contribution in [3.8, 4) is 0 Å². The van der Waals surface area contributed by atoms with Crippen molar-refractivity contribution in [3.63, 3.8) is 0 Å². The van der Waals surface area contributed by atoms with Crippen LogP contribution in [0.4, 0.5) is 92.2 Å². The average Bonchev–Trinajstić information content (AvgIpc) is 2.79. The zero-order chi connectivity index (χ0) is 36.1. The first-order valence-electron chi connectivity index (χ1n) is 10.3. The van der Waals surface area contributed by atoms with Crippen molar-refractivity contribution in [2.45, 2.75) is 73.4 Å². The van der Waals surface area contributed by atoms with Crippen LogP contribution in [0.15, 0.2) is 11.5 Å². The average molecular weight is 725 g/mol. The molecule has 0 unspecified atom stereocenters.